The van der Waals surface area contributed by atoms with Crippen molar-refractivity contribution in [1.82, 2.24) is 14.9 Å². The number of ether oxygens (including phenoxy) is 1. The molecule has 9 nitrogen and oxygen atoms in total. The number of aliphatic imine (C=N–C) groups is 1. The number of morpholine rings is 1. The second kappa shape index (κ2) is 12.4. The second-order valence-electron chi connectivity index (χ2n) is 9.59. The highest BCUT2D eigenvalue weighted by atomic mass is 16.5. The van der Waals surface area contributed by atoms with Gasteiger partial charge in [-0.3, -0.25) is 14.7 Å². The molecule has 0 bridgehead atoms. The maximum atomic E-state index is 12.2. The number of hydrogen-bond acceptors (Lipinski definition) is 7. The van der Waals surface area contributed by atoms with Gasteiger partial charge in [-0.2, -0.15) is 5.26 Å². The molecule has 37 heavy (non-hydrogen) atoms. The number of aromatic amines is 1. The molecule has 1 saturated heterocycles. The van der Waals surface area contributed by atoms with Crippen molar-refractivity contribution in [2.24, 2.45) is 10.9 Å². The lowest BCUT2D eigenvalue weighted by Crippen LogP contribution is -2.37. The summed E-state index contributed by atoms with van der Waals surface area (Å²) in [6.45, 7) is 8.90. The Hall–Kier alpha value is -3.87. The predicted molar refractivity (Wildman–Crippen MR) is 146 cm³/mol. The SMILES string of the molecule is CC(C)CC(=O)Nc1ccc(-c2c[nH]c3ncc(C(C=N)C=NCCN4CCOCC4)cc23)cc1C#N. The molecule has 0 aliphatic carbocycles. The number of nitrogens with zero attached hydrogens (tertiary/aromatic N) is 4. The van der Waals surface area contributed by atoms with Crippen molar-refractivity contribution in [3.63, 3.8) is 0 Å². The van der Waals surface area contributed by atoms with E-state index in [1.54, 1.807) is 18.3 Å². The number of benzene rings is 1. The highest BCUT2D eigenvalue weighted by Crippen LogP contribution is 2.32. The lowest BCUT2D eigenvalue weighted by molar-refractivity contribution is -0.116. The molecule has 2 aromatic heterocycles. The summed E-state index contributed by atoms with van der Waals surface area (Å²) in [5.74, 6) is -0.153. The van der Waals surface area contributed by atoms with Gasteiger partial charge >= 0.3 is 0 Å². The van der Waals surface area contributed by atoms with Crippen LogP contribution in [0.2, 0.25) is 0 Å². The Balaban J connectivity index is 1.53. The lowest BCUT2D eigenvalue weighted by atomic mass is 9.98. The largest absolute Gasteiger partial charge is 0.379 e. The third-order valence-electron chi connectivity index (χ3n) is 6.35. The molecular weight excluding hydrogens is 466 g/mol. The van der Waals surface area contributed by atoms with Crippen LogP contribution in [0.3, 0.4) is 0 Å². The first-order valence-corrected chi connectivity index (χ1v) is 12.6. The zero-order valence-electron chi connectivity index (χ0n) is 21.3. The first-order chi connectivity index (χ1) is 18.0. The van der Waals surface area contributed by atoms with E-state index in [0.29, 0.717) is 24.2 Å². The van der Waals surface area contributed by atoms with E-state index in [4.69, 9.17) is 10.1 Å². The first kappa shape index (κ1) is 26.2. The summed E-state index contributed by atoms with van der Waals surface area (Å²) in [6.07, 6.45) is 7.21. The molecule has 1 atom stereocenters. The summed E-state index contributed by atoms with van der Waals surface area (Å²) in [7, 11) is 0. The van der Waals surface area contributed by atoms with E-state index in [9.17, 15) is 10.1 Å². The van der Waals surface area contributed by atoms with E-state index in [0.717, 1.165) is 60.6 Å². The van der Waals surface area contributed by atoms with Crippen molar-refractivity contribution in [2.75, 3.05) is 44.7 Å². The third kappa shape index (κ3) is 6.67. The van der Waals surface area contributed by atoms with Crippen molar-refractivity contribution >= 4 is 35.1 Å². The van der Waals surface area contributed by atoms with Gasteiger partial charge in [0.25, 0.3) is 0 Å². The second-order valence-corrected chi connectivity index (χ2v) is 9.59. The number of H-pyrrole nitrogens is 1. The number of anilines is 1. The molecule has 0 spiro atoms. The Bertz CT molecular complexity index is 1320. The highest BCUT2D eigenvalue weighted by molar-refractivity contribution is 5.97. The molecule has 0 radical (unpaired) electrons. The molecule has 0 saturated carbocycles. The van der Waals surface area contributed by atoms with E-state index in [-0.39, 0.29) is 17.7 Å². The number of carbonyl (C=O) groups excluding carboxylic acids is 1. The first-order valence-electron chi connectivity index (χ1n) is 12.6. The number of pyridine rings is 1. The van der Waals surface area contributed by atoms with Gasteiger partial charge in [-0.15, -0.1) is 0 Å². The number of rotatable bonds is 10. The van der Waals surface area contributed by atoms with Gasteiger partial charge in [-0.05, 0) is 35.2 Å². The fourth-order valence-corrected chi connectivity index (χ4v) is 4.36. The minimum absolute atomic E-state index is 0.107. The molecule has 1 aliphatic rings. The molecule has 1 aromatic carbocycles. The zero-order valence-corrected chi connectivity index (χ0v) is 21.3. The van der Waals surface area contributed by atoms with Gasteiger partial charge in [0.05, 0.1) is 36.9 Å². The molecule has 1 unspecified atom stereocenters. The molecular formula is C28H33N7O2. The van der Waals surface area contributed by atoms with Gasteiger partial charge in [0.2, 0.25) is 5.91 Å². The molecule has 192 valence electrons. The number of fused-ring (bicyclic) bond motifs is 1. The molecule has 3 N–H and O–H groups in total. The van der Waals surface area contributed by atoms with E-state index in [2.05, 4.69) is 31.2 Å². The normalized spacial score (nSPS) is 15.2. The van der Waals surface area contributed by atoms with Crippen LogP contribution in [0.5, 0.6) is 0 Å². The monoisotopic (exact) mass is 499 g/mol. The van der Waals surface area contributed by atoms with Gasteiger partial charge in [0.15, 0.2) is 0 Å². The fraction of sp³-hybridized carbons (Fsp3) is 0.393. The summed E-state index contributed by atoms with van der Waals surface area (Å²) >= 11 is 0. The number of hydrogen-bond donors (Lipinski definition) is 3. The minimum Gasteiger partial charge on any atom is -0.379 e. The molecule has 1 amide bonds. The van der Waals surface area contributed by atoms with E-state index in [1.165, 1.54) is 6.21 Å². The summed E-state index contributed by atoms with van der Waals surface area (Å²) in [5, 5.41) is 21.4. The van der Waals surface area contributed by atoms with Crippen molar-refractivity contribution in [1.29, 1.82) is 10.7 Å². The molecule has 1 fully saturated rings. The molecule has 4 rings (SSSR count). The topological polar surface area (TPSA) is 130 Å². The van der Waals surface area contributed by atoms with Crippen LogP contribution in [-0.2, 0) is 9.53 Å². The molecule has 3 aromatic rings. The average Bonchev–Trinajstić information content (AvgIpc) is 3.32. The number of amides is 1. The number of nitrogens with one attached hydrogen (secondary N) is 3. The molecule has 3 heterocycles. The van der Waals surface area contributed by atoms with Crippen molar-refractivity contribution < 1.29 is 9.53 Å². The van der Waals surface area contributed by atoms with Crippen LogP contribution in [-0.4, -0.2) is 72.6 Å². The lowest BCUT2D eigenvalue weighted by Gasteiger charge is -2.25. The van der Waals surface area contributed by atoms with Crippen LogP contribution in [0.1, 0.15) is 37.3 Å². The standard InChI is InChI=1S/C28H33N7O2/c1-19(2)11-27(36)34-26-4-3-20(12-21(26)14-29)25-18-33-28-24(25)13-22(17-32-28)23(15-30)16-31-5-6-35-7-9-37-10-8-35/h3-4,12-13,15-19,23,30H,5-11H2,1-2H3,(H,32,33)(H,34,36). The van der Waals surface area contributed by atoms with E-state index < -0.39 is 0 Å². The van der Waals surface area contributed by atoms with Gasteiger partial charge in [0, 0.05) is 61.8 Å². The fourth-order valence-electron chi connectivity index (χ4n) is 4.36. The summed E-state index contributed by atoms with van der Waals surface area (Å²) in [6, 6.07) is 9.65. The minimum atomic E-state index is -0.280. The van der Waals surface area contributed by atoms with Crippen LogP contribution in [0.15, 0.2) is 41.7 Å². The number of aromatic nitrogens is 2. The number of nitriles is 1. The summed E-state index contributed by atoms with van der Waals surface area (Å²) in [5.41, 5.74) is 4.24. The molecule has 9 heteroatoms. The predicted octanol–water partition coefficient (Wildman–Crippen LogP) is 4.22. The van der Waals surface area contributed by atoms with Gasteiger partial charge in [-0.25, -0.2) is 4.98 Å². The number of carbonyl (C=O) groups is 1. The van der Waals surface area contributed by atoms with Gasteiger partial charge in [-0.1, -0.05) is 19.9 Å². The Morgan fingerprint density at radius 2 is 2.16 bits per heavy atom. The Kier molecular flexibility index (Phi) is 8.77. The Morgan fingerprint density at radius 3 is 2.89 bits per heavy atom. The zero-order chi connectivity index (χ0) is 26.2. The molecule has 1 aliphatic heterocycles. The van der Waals surface area contributed by atoms with Crippen molar-refractivity contribution in [3.05, 3.63) is 47.8 Å². The Morgan fingerprint density at radius 1 is 1.35 bits per heavy atom. The van der Waals surface area contributed by atoms with E-state index >= 15 is 0 Å². The Labute approximate surface area is 217 Å². The quantitative estimate of drug-likeness (QED) is 0.360. The smallest absolute Gasteiger partial charge is 0.224 e. The average molecular weight is 500 g/mol. The summed E-state index contributed by atoms with van der Waals surface area (Å²) in [4.78, 5) is 26.9. The summed E-state index contributed by atoms with van der Waals surface area (Å²) < 4.78 is 5.38. The van der Waals surface area contributed by atoms with Crippen LogP contribution in [0.4, 0.5) is 5.69 Å². The van der Waals surface area contributed by atoms with Crippen LogP contribution in [0.25, 0.3) is 22.2 Å². The third-order valence-corrected chi connectivity index (χ3v) is 6.35. The van der Waals surface area contributed by atoms with Gasteiger partial charge in [0.1, 0.15) is 11.7 Å². The van der Waals surface area contributed by atoms with Crippen LogP contribution in [0, 0.1) is 22.7 Å². The van der Waals surface area contributed by atoms with E-state index in [1.807, 2.05) is 38.4 Å². The van der Waals surface area contributed by atoms with Crippen LogP contribution >= 0.6 is 0 Å². The van der Waals surface area contributed by atoms with Crippen molar-refractivity contribution in [2.45, 2.75) is 26.2 Å². The maximum absolute atomic E-state index is 12.2. The highest BCUT2D eigenvalue weighted by Gasteiger charge is 2.15. The maximum Gasteiger partial charge on any atom is 0.224 e. The van der Waals surface area contributed by atoms with Crippen LogP contribution < -0.4 is 5.32 Å². The van der Waals surface area contributed by atoms with Gasteiger partial charge < -0.3 is 20.4 Å². The van der Waals surface area contributed by atoms with Crippen molar-refractivity contribution in [3.8, 4) is 17.2 Å².